The summed E-state index contributed by atoms with van der Waals surface area (Å²) in [6.45, 7) is 4.31. The highest BCUT2D eigenvalue weighted by Crippen LogP contribution is 2.16. The number of hydrogen-bond acceptors (Lipinski definition) is 3. The summed E-state index contributed by atoms with van der Waals surface area (Å²) in [4.78, 5) is 24.9. The molecule has 3 N–H and O–H groups in total. The predicted octanol–water partition coefficient (Wildman–Crippen LogP) is 2.08. The van der Waals surface area contributed by atoms with Crippen molar-refractivity contribution >= 4 is 11.8 Å². The van der Waals surface area contributed by atoms with E-state index in [0.29, 0.717) is 13.0 Å². The van der Waals surface area contributed by atoms with E-state index >= 15 is 0 Å². The van der Waals surface area contributed by atoms with Gasteiger partial charge in [0.25, 0.3) is 0 Å². The SMILES string of the molecule is CC(NC(=O)C1Cc2ccccc2CN1)C(=O)NC(C)c1ccccc1. The van der Waals surface area contributed by atoms with Crippen molar-refractivity contribution in [3.63, 3.8) is 0 Å². The van der Waals surface area contributed by atoms with Gasteiger partial charge in [-0.1, -0.05) is 54.6 Å². The van der Waals surface area contributed by atoms with Crippen LogP contribution in [-0.4, -0.2) is 23.9 Å². The molecule has 2 aromatic rings. The van der Waals surface area contributed by atoms with E-state index < -0.39 is 6.04 Å². The zero-order valence-electron chi connectivity index (χ0n) is 15.2. The predicted molar refractivity (Wildman–Crippen MR) is 101 cm³/mol. The van der Waals surface area contributed by atoms with Gasteiger partial charge in [0.15, 0.2) is 0 Å². The Balaban J connectivity index is 1.53. The van der Waals surface area contributed by atoms with E-state index in [1.807, 2.05) is 55.5 Å². The highest BCUT2D eigenvalue weighted by Gasteiger charge is 2.26. The Kier molecular flexibility index (Phi) is 5.68. The van der Waals surface area contributed by atoms with Crippen LogP contribution < -0.4 is 16.0 Å². The second-order valence-electron chi connectivity index (χ2n) is 6.78. The lowest BCUT2D eigenvalue weighted by molar-refractivity contribution is -0.130. The summed E-state index contributed by atoms with van der Waals surface area (Å²) in [7, 11) is 0. The fourth-order valence-corrected chi connectivity index (χ4v) is 3.18. The van der Waals surface area contributed by atoms with Crippen LogP contribution in [0.5, 0.6) is 0 Å². The van der Waals surface area contributed by atoms with Crippen molar-refractivity contribution in [1.29, 1.82) is 0 Å². The van der Waals surface area contributed by atoms with Crippen LogP contribution in [0.25, 0.3) is 0 Å². The lowest BCUT2D eigenvalue weighted by Crippen LogP contribution is -2.53. The average Bonchev–Trinajstić information content (AvgIpc) is 2.68. The Morgan fingerprint density at radius 2 is 1.62 bits per heavy atom. The second kappa shape index (κ2) is 8.15. The zero-order valence-corrected chi connectivity index (χ0v) is 15.2. The van der Waals surface area contributed by atoms with Crippen molar-refractivity contribution in [3.05, 3.63) is 71.3 Å². The average molecular weight is 351 g/mol. The van der Waals surface area contributed by atoms with Crippen molar-refractivity contribution < 1.29 is 9.59 Å². The van der Waals surface area contributed by atoms with Gasteiger partial charge in [-0.25, -0.2) is 0 Å². The number of benzene rings is 2. The highest BCUT2D eigenvalue weighted by molar-refractivity contribution is 5.90. The van der Waals surface area contributed by atoms with Crippen molar-refractivity contribution in [2.24, 2.45) is 0 Å². The summed E-state index contributed by atoms with van der Waals surface area (Å²) in [6, 6.07) is 16.9. The minimum Gasteiger partial charge on any atom is -0.348 e. The van der Waals surface area contributed by atoms with Gasteiger partial charge >= 0.3 is 0 Å². The van der Waals surface area contributed by atoms with Gasteiger partial charge in [0.1, 0.15) is 6.04 Å². The van der Waals surface area contributed by atoms with Crippen molar-refractivity contribution in [2.75, 3.05) is 0 Å². The van der Waals surface area contributed by atoms with Crippen LogP contribution in [-0.2, 0) is 22.6 Å². The van der Waals surface area contributed by atoms with Crippen LogP contribution in [0.4, 0.5) is 0 Å². The molecule has 136 valence electrons. The molecule has 1 aliphatic rings. The van der Waals surface area contributed by atoms with Gasteiger partial charge in [-0.3, -0.25) is 9.59 Å². The number of fused-ring (bicyclic) bond motifs is 1. The molecule has 2 amide bonds. The van der Waals surface area contributed by atoms with Crippen LogP contribution >= 0.6 is 0 Å². The Hall–Kier alpha value is -2.66. The molecule has 0 radical (unpaired) electrons. The maximum Gasteiger partial charge on any atom is 0.242 e. The summed E-state index contributed by atoms with van der Waals surface area (Å²) in [6.07, 6.45) is 0.636. The molecule has 0 aliphatic carbocycles. The first-order chi connectivity index (χ1) is 12.5. The molecule has 0 fully saturated rings. The third-order valence-corrected chi connectivity index (χ3v) is 4.81. The van der Waals surface area contributed by atoms with Crippen LogP contribution in [0, 0.1) is 0 Å². The van der Waals surface area contributed by atoms with E-state index in [2.05, 4.69) is 22.0 Å². The Labute approximate surface area is 154 Å². The van der Waals surface area contributed by atoms with Crippen LogP contribution in [0.3, 0.4) is 0 Å². The molecule has 1 aliphatic heterocycles. The highest BCUT2D eigenvalue weighted by atomic mass is 16.2. The maximum absolute atomic E-state index is 12.5. The van der Waals surface area contributed by atoms with Gasteiger partial charge in [-0.05, 0) is 37.0 Å². The van der Waals surface area contributed by atoms with Gasteiger partial charge in [0, 0.05) is 6.54 Å². The lowest BCUT2D eigenvalue weighted by Gasteiger charge is -2.27. The van der Waals surface area contributed by atoms with E-state index in [1.54, 1.807) is 6.92 Å². The first-order valence-corrected chi connectivity index (χ1v) is 9.00. The Morgan fingerprint density at radius 3 is 2.35 bits per heavy atom. The number of rotatable bonds is 5. The number of carbonyl (C=O) groups is 2. The summed E-state index contributed by atoms with van der Waals surface area (Å²) in [5, 5.41) is 9.01. The third kappa shape index (κ3) is 4.29. The Morgan fingerprint density at radius 1 is 0.962 bits per heavy atom. The maximum atomic E-state index is 12.5. The molecule has 26 heavy (non-hydrogen) atoms. The van der Waals surface area contributed by atoms with E-state index in [-0.39, 0.29) is 23.9 Å². The third-order valence-electron chi connectivity index (χ3n) is 4.81. The monoisotopic (exact) mass is 351 g/mol. The summed E-state index contributed by atoms with van der Waals surface area (Å²) in [5.74, 6) is -0.333. The van der Waals surface area contributed by atoms with Gasteiger partial charge in [-0.15, -0.1) is 0 Å². The second-order valence-corrected chi connectivity index (χ2v) is 6.78. The molecular formula is C21H25N3O2. The number of hydrogen-bond donors (Lipinski definition) is 3. The van der Waals surface area contributed by atoms with Gasteiger partial charge in [0.05, 0.1) is 12.1 Å². The molecule has 2 aromatic carbocycles. The molecule has 1 heterocycles. The van der Waals surface area contributed by atoms with Crippen LogP contribution in [0.1, 0.15) is 36.6 Å². The van der Waals surface area contributed by atoms with E-state index in [1.165, 1.54) is 11.1 Å². The van der Waals surface area contributed by atoms with E-state index in [9.17, 15) is 9.59 Å². The van der Waals surface area contributed by atoms with Gasteiger partial charge in [-0.2, -0.15) is 0 Å². The Bertz CT molecular complexity index is 776. The quantitative estimate of drug-likeness (QED) is 0.772. The molecule has 3 unspecified atom stereocenters. The smallest absolute Gasteiger partial charge is 0.242 e. The first-order valence-electron chi connectivity index (χ1n) is 9.00. The molecular weight excluding hydrogens is 326 g/mol. The minimum atomic E-state index is -0.590. The van der Waals surface area contributed by atoms with E-state index in [4.69, 9.17) is 0 Å². The van der Waals surface area contributed by atoms with Crippen molar-refractivity contribution in [2.45, 2.75) is 44.9 Å². The molecule has 5 heteroatoms. The first kappa shape index (κ1) is 18.1. The minimum absolute atomic E-state index is 0.109. The molecule has 0 saturated heterocycles. The fourth-order valence-electron chi connectivity index (χ4n) is 3.18. The molecule has 0 spiro atoms. The molecule has 0 aromatic heterocycles. The lowest BCUT2D eigenvalue weighted by atomic mass is 9.95. The number of nitrogens with one attached hydrogen (secondary N) is 3. The van der Waals surface area contributed by atoms with Crippen molar-refractivity contribution in [1.82, 2.24) is 16.0 Å². The van der Waals surface area contributed by atoms with Crippen LogP contribution in [0.2, 0.25) is 0 Å². The van der Waals surface area contributed by atoms with Gasteiger partial charge < -0.3 is 16.0 Å². The van der Waals surface area contributed by atoms with Crippen molar-refractivity contribution in [3.8, 4) is 0 Å². The normalized spacial score (nSPS) is 18.3. The van der Waals surface area contributed by atoms with Crippen LogP contribution in [0.15, 0.2) is 54.6 Å². The summed E-state index contributed by atoms with van der Waals surface area (Å²) >= 11 is 0. The zero-order chi connectivity index (χ0) is 18.5. The molecule has 5 nitrogen and oxygen atoms in total. The fraction of sp³-hybridized carbons (Fsp3) is 0.333. The topological polar surface area (TPSA) is 70.2 Å². The van der Waals surface area contributed by atoms with Gasteiger partial charge in [0.2, 0.25) is 11.8 Å². The summed E-state index contributed by atoms with van der Waals surface area (Å²) < 4.78 is 0. The standard InChI is InChI=1S/C21H25N3O2/c1-14(16-8-4-3-5-9-16)23-20(25)15(2)24-21(26)19-12-17-10-6-7-11-18(17)13-22-19/h3-11,14-15,19,22H,12-13H2,1-2H3,(H,23,25)(H,24,26). The number of amides is 2. The largest absolute Gasteiger partial charge is 0.348 e. The molecule has 3 atom stereocenters. The molecule has 3 rings (SSSR count). The number of carbonyl (C=O) groups excluding carboxylic acids is 2. The summed E-state index contributed by atoms with van der Waals surface area (Å²) in [5.41, 5.74) is 3.44. The van der Waals surface area contributed by atoms with E-state index in [0.717, 1.165) is 5.56 Å². The molecule has 0 saturated carbocycles. The molecule has 0 bridgehead atoms.